The fourth-order valence-electron chi connectivity index (χ4n) is 1.62. The molecule has 1 aromatic heterocycles. The number of rotatable bonds is 9. The van der Waals surface area contributed by atoms with Gasteiger partial charge in [-0.25, -0.2) is 9.97 Å². The largest absolute Gasteiger partial charge is 0.382 e. The Kier molecular flexibility index (Phi) is 7.36. The van der Waals surface area contributed by atoms with Gasteiger partial charge in [0.05, 0.1) is 19.8 Å². The summed E-state index contributed by atoms with van der Waals surface area (Å²) in [4.78, 5) is 9.05. The van der Waals surface area contributed by atoms with E-state index >= 15 is 0 Å². The van der Waals surface area contributed by atoms with Gasteiger partial charge in [0.1, 0.15) is 11.6 Å². The summed E-state index contributed by atoms with van der Waals surface area (Å²) >= 11 is 0. The first-order valence-electron chi connectivity index (χ1n) is 6.83. The summed E-state index contributed by atoms with van der Waals surface area (Å²) in [6.45, 7) is 9.00. The second kappa shape index (κ2) is 8.82. The van der Waals surface area contributed by atoms with Crippen LogP contribution in [0, 0.1) is 13.8 Å². The zero-order chi connectivity index (χ0) is 14.1. The first kappa shape index (κ1) is 15.9. The zero-order valence-electron chi connectivity index (χ0n) is 12.5. The highest BCUT2D eigenvalue weighted by Crippen LogP contribution is 2.15. The van der Waals surface area contributed by atoms with Gasteiger partial charge in [-0.05, 0) is 20.3 Å². The number of hydrogen-bond acceptors (Lipinski definition) is 5. The van der Waals surface area contributed by atoms with Crippen molar-refractivity contribution in [2.45, 2.75) is 33.6 Å². The molecule has 0 fully saturated rings. The summed E-state index contributed by atoms with van der Waals surface area (Å²) in [5.41, 5.74) is 2.15. The molecule has 0 radical (unpaired) electrons. The molecule has 0 bridgehead atoms. The maximum Gasteiger partial charge on any atom is 0.133 e. The van der Waals surface area contributed by atoms with Crippen LogP contribution in [0.25, 0.3) is 0 Å². The summed E-state index contributed by atoms with van der Waals surface area (Å²) in [5.74, 6) is 1.78. The summed E-state index contributed by atoms with van der Waals surface area (Å²) in [6.07, 6.45) is 1.81. The van der Waals surface area contributed by atoms with Crippen LogP contribution in [0.15, 0.2) is 0 Å². The first-order chi connectivity index (χ1) is 9.19. The van der Waals surface area contributed by atoms with Gasteiger partial charge >= 0.3 is 0 Å². The Morgan fingerprint density at radius 2 is 1.89 bits per heavy atom. The lowest BCUT2D eigenvalue weighted by Gasteiger charge is -2.11. The summed E-state index contributed by atoms with van der Waals surface area (Å²) < 4.78 is 10.4. The van der Waals surface area contributed by atoms with Crippen LogP contribution in [0.2, 0.25) is 0 Å². The van der Waals surface area contributed by atoms with Gasteiger partial charge in [0.15, 0.2) is 0 Å². The lowest BCUT2D eigenvalue weighted by atomic mass is 10.2. The minimum atomic E-state index is 0.613. The molecule has 1 heterocycles. The first-order valence-corrected chi connectivity index (χ1v) is 6.83. The Balaban J connectivity index is 2.55. The van der Waals surface area contributed by atoms with E-state index in [1.54, 1.807) is 7.11 Å². The van der Waals surface area contributed by atoms with Gasteiger partial charge in [-0.3, -0.25) is 0 Å². The van der Waals surface area contributed by atoms with Crippen LogP contribution in [0.4, 0.5) is 5.82 Å². The predicted octanol–water partition coefficient (Wildman–Crippen LogP) is 2.12. The highest BCUT2D eigenvalue weighted by Gasteiger charge is 2.07. The molecule has 5 nitrogen and oxygen atoms in total. The number of nitrogens with one attached hydrogen (secondary N) is 1. The minimum Gasteiger partial charge on any atom is -0.382 e. The molecule has 0 aliphatic carbocycles. The highest BCUT2D eigenvalue weighted by molar-refractivity contribution is 5.45. The Morgan fingerprint density at radius 1 is 1.11 bits per heavy atom. The Morgan fingerprint density at radius 3 is 2.58 bits per heavy atom. The standard InChI is InChI=1S/C14H25N3O2/c1-5-7-15-14-11(2)12(3)16-13(17-14)6-8-19-10-9-18-4/h5-10H2,1-4H3,(H,15,16,17). The predicted molar refractivity (Wildman–Crippen MR) is 76.7 cm³/mol. The molecule has 0 aromatic carbocycles. The molecular formula is C14H25N3O2. The van der Waals surface area contributed by atoms with Crippen molar-refractivity contribution in [2.75, 3.05) is 38.8 Å². The molecule has 0 aliphatic heterocycles. The van der Waals surface area contributed by atoms with Crippen LogP contribution < -0.4 is 5.32 Å². The van der Waals surface area contributed by atoms with E-state index in [2.05, 4.69) is 22.2 Å². The van der Waals surface area contributed by atoms with E-state index < -0.39 is 0 Å². The molecule has 1 aromatic rings. The maximum atomic E-state index is 5.44. The third-order valence-electron chi connectivity index (χ3n) is 2.88. The van der Waals surface area contributed by atoms with Crippen molar-refractivity contribution in [1.82, 2.24) is 9.97 Å². The number of aromatic nitrogens is 2. The van der Waals surface area contributed by atoms with Gasteiger partial charge < -0.3 is 14.8 Å². The van der Waals surface area contributed by atoms with Gasteiger partial charge in [-0.1, -0.05) is 6.92 Å². The van der Waals surface area contributed by atoms with Gasteiger partial charge in [-0.2, -0.15) is 0 Å². The maximum absolute atomic E-state index is 5.44. The smallest absolute Gasteiger partial charge is 0.133 e. The molecular weight excluding hydrogens is 242 g/mol. The number of methoxy groups -OCH3 is 1. The molecule has 0 aliphatic rings. The van der Waals surface area contributed by atoms with E-state index in [0.29, 0.717) is 19.8 Å². The molecule has 0 unspecified atom stereocenters. The van der Waals surface area contributed by atoms with Crippen molar-refractivity contribution < 1.29 is 9.47 Å². The van der Waals surface area contributed by atoms with Crippen molar-refractivity contribution in [3.63, 3.8) is 0 Å². The van der Waals surface area contributed by atoms with Gasteiger partial charge in [0.2, 0.25) is 0 Å². The molecule has 0 saturated heterocycles. The number of aryl methyl sites for hydroxylation is 1. The second-order valence-electron chi connectivity index (χ2n) is 4.48. The van der Waals surface area contributed by atoms with Crippen LogP contribution in [0.3, 0.4) is 0 Å². The molecule has 0 atom stereocenters. The SMILES string of the molecule is CCCNc1nc(CCOCCOC)nc(C)c1C. The van der Waals surface area contributed by atoms with Crippen molar-refractivity contribution >= 4 is 5.82 Å². The molecule has 0 saturated carbocycles. The Bertz CT molecular complexity index is 383. The molecule has 19 heavy (non-hydrogen) atoms. The van der Waals surface area contributed by atoms with E-state index in [9.17, 15) is 0 Å². The zero-order valence-corrected chi connectivity index (χ0v) is 12.5. The number of nitrogens with zero attached hydrogens (tertiary/aromatic N) is 2. The van der Waals surface area contributed by atoms with Crippen molar-refractivity contribution in [2.24, 2.45) is 0 Å². The summed E-state index contributed by atoms with van der Waals surface area (Å²) in [5, 5.41) is 3.34. The fourth-order valence-corrected chi connectivity index (χ4v) is 1.62. The number of ether oxygens (including phenoxy) is 2. The van der Waals surface area contributed by atoms with Gasteiger partial charge in [0.25, 0.3) is 0 Å². The average Bonchev–Trinajstić information content (AvgIpc) is 2.40. The van der Waals surface area contributed by atoms with E-state index in [1.165, 1.54) is 0 Å². The molecule has 108 valence electrons. The minimum absolute atomic E-state index is 0.613. The normalized spacial score (nSPS) is 10.7. The lowest BCUT2D eigenvalue weighted by molar-refractivity contribution is 0.0716. The van der Waals surface area contributed by atoms with Crippen molar-refractivity contribution in [1.29, 1.82) is 0 Å². The second-order valence-corrected chi connectivity index (χ2v) is 4.48. The fraction of sp³-hybridized carbons (Fsp3) is 0.714. The van der Waals surface area contributed by atoms with Crippen LogP contribution in [0.5, 0.6) is 0 Å². The molecule has 5 heteroatoms. The van der Waals surface area contributed by atoms with Crippen LogP contribution in [-0.4, -0.2) is 43.4 Å². The van der Waals surface area contributed by atoms with Crippen LogP contribution in [0.1, 0.15) is 30.4 Å². The Hall–Kier alpha value is -1.20. The quantitative estimate of drug-likeness (QED) is 0.695. The monoisotopic (exact) mass is 267 g/mol. The molecule has 0 spiro atoms. The van der Waals surface area contributed by atoms with Crippen LogP contribution >= 0.6 is 0 Å². The number of anilines is 1. The van der Waals surface area contributed by atoms with Crippen LogP contribution in [-0.2, 0) is 15.9 Å². The number of hydrogen-bond donors (Lipinski definition) is 1. The van der Waals surface area contributed by atoms with Gasteiger partial charge in [0, 0.05) is 31.3 Å². The van der Waals surface area contributed by atoms with E-state index in [4.69, 9.17) is 9.47 Å². The highest BCUT2D eigenvalue weighted by atomic mass is 16.5. The molecule has 1 N–H and O–H groups in total. The Labute approximate surface area is 115 Å². The molecule has 1 rings (SSSR count). The lowest BCUT2D eigenvalue weighted by Crippen LogP contribution is -2.11. The summed E-state index contributed by atoms with van der Waals surface area (Å²) in [6, 6.07) is 0. The average molecular weight is 267 g/mol. The van der Waals surface area contributed by atoms with Crippen molar-refractivity contribution in [3.05, 3.63) is 17.1 Å². The third-order valence-corrected chi connectivity index (χ3v) is 2.88. The van der Waals surface area contributed by atoms with E-state index in [-0.39, 0.29) is 0 Å². The van der Waals surface area contributed by atoms with E-state index in [0.717, 1.165) is 42.3 Å². The third kappa shape index (κ3) is 5.53. The molecule has 0 amide bonds. The topological polar surface area (TPSA) is 56.3 Å². The van der Waals surface area contributed by atoms with Crippen molar-refractivity contribution in [3.8, 4) is 0 Å². The van der Waals surface area contributed by atoms with E-state index in [1.807, 2.05) is 13.8 Å². The van der Waals surface area contributed by atoms with Gasteiger partial charge in [-0.15, -0.1) is 0 Å². The summed E-state index contributed by atoms with van der Waals surface area (Å²) in [7, 11) is 1.67.